The summed E-state index contributed by atoms with van der Waals surface area (Å²) in [6.45, 7) is 2.22. The Kier molecular flexibility index (Phi) is 1.20. The van der Waals surface area contributed by atoms with Gasteiger partial charge in [-0.05, 0) is 17.8 Å². The van der Waals surface area contributed by atoms with Gasteiger partial charge >= 0.3 is 0 Å². The molecule has 2 rings (SSSR count). The first kappa shape index (κ1) is 6.79. The number of hydrogen-bond donors (Lipinski definition) is 0. The Labute approximate surface area is 56.4 Å². The van der Waals surface area contributed by atoms with Crippen molar-refractivity contribution in [3.05, 3.63) is 0 Å². The molecule has 2 unspecified atom stereocenters. The first-order valence-corrected chi connectivity index (χ1v) is 3.22. The molecule has 0 amide bonds. The van der Waals surface area contributed by atoms with Crippen LogP contribution in [0.25, 0.3) is 0 Å². The van der Waals surface area contributed by atoms with Crippen LogP contribution in [0.3, 0.4) is 0 Å². The molecule has 52 valence electrons. The summed E-state index contributed by atoms with van der Waals surface area (Å²) in [5.74, 6) is 1.28. The van der Waals surface area contributed by atoms with E-state index < -0.39 is 0 Å². The molecule has 0 spiro atoms. The number of rotatable bonds is 0. The lowest BCUT2D eigenvalue weighted by Gasteiger charge is -1.95. The highest BCUT2D eigenvalue weighted by molar-refractivity contribution is 5.83. The van der Waals surface area contributed by atoms with E-state index in [1.165, 1.54) is 6.42 Å². The van der Waals surface area contributed by atoms with Gasteiger partial charge in [0.05, 0.1) is 0 Å². The summed E-state index contributed by atoms with van der Waals surface area (Å²) >= 11 is 0. The Morgan fingerprint density at radius 3 is 2.56 bits per heavy atom. The highest BCUT2D eigenvalue weighted by atomic mass is 16.1. The van der Waals surface area contributed by atoms with Gasteiger partial charge in [-0.2, -0.15) is 0 Å². The number of carbonyl (C=O) groups is 1. The average molecular weight is 126 g/mol. The molecule has 0 N–H and O–H groups in total. The standard InChI is InChI=1S/C7H10O.CH4/c1-7-3-5(7)2-6(8)4-7;/h5H,2-4H2,1H3;1H4. The van der Waals surface area contributed by atoms with Crippen molar-refractivity contribution < 1.29 is 4.79 Å². The zero-order valence-corrected chi connectivity index (χ0v) is 5.11. The Bertz CT molecular complexity index is 151. The minimum absolute atomic E-state index is 0. The van der Waals surface area contributed by atoms with Crippen LogP contribution in [-0.4, -0.2) is 5.78 Å². The molecule has 1 nitrogen and oxygen atoms in total. The lowest BCUT2D eigenvalue weighted by atomic mass is 10.1. The Morgan fingerprint density at radius 1 is 1.67 bits per heavy atom. The van der Waals surface area contributed by atoms with E-state index in [9.17, 15) is 4.79 Å². The maximum absolute atomic E-state index is 10.7. The molecule has 2 fully saturated rings. The van der Waals surface area contributed by atoms with E-state index in [1.54, 1.807) is 0 Å². The van der Waals surface area contributed by atoms with E-state index in [4.69, 9.17) is 0 Å². The molecule has 2 aliphatic rings. The van der Waals surface area contributed by atoms with Crippen molar-refractivity contribution in [2.45, 2.75) is 33.6 Å². The smallest absolute Gasteiger partial charge is 0.133 e. The topological polar surface area (TPSA) is 17.1 Å². The van der Waals surface area contributed by atoms with Crippen molar-refractivity contribution in [2.24, 2.45) is 11.3 Å². The van der Waals surface area contributed by atoms with Gasteiger partial charge in [-0.25, -0.2) is 0 Å². The van der Waals surface area contributed by atoms with Crippen molar-refractivity contribution in [2.75, 3.05) is 0 Å². The predicted molar refractivity (Wildman–Crippen MR) is 37.2 cm³/mol. The molecule has 0 aliphatic heterocycles. The zero-order valence-electron chi connectivity index (χ0n) is 5.11. The monoisotopic (exact) mass is 126 g/mol. The highest BCUT2D eigenvalue weighted by Gasteiger charge is 2.56. The molecule has 0 aromatic carbocycles. The van der Waals surface area contributed by atoms with Gasteiger partial charge in [0.25, 0.3) is 0 Å². The van der Waals surface area contributed by atoms with Gasteiger partial charge in [-0.3, -0.25) is 4.79 Å². The van der Waals surface area contributed by atoms with E-state index >= 15 is 0 Å². The highest BCUT2D eigenvalue weighted by Crippen LogP contribution is 2.61. The Morgan fingerprint density at radius 2 is 2.33 bits per heavy atom. The fourth-order valence-corrected chi connectivity index (χ4v) is 1.84. The molecule has 1 heteroatoms. The molecule has 0 heterocycles. The lowest BCUT2D eigenvalue weighted by molar-refractivity contribution is -0.118. The van der Waals surface area contributed by atoms with Gasteiger partial charge in [0.2, 0.25) is 0 Å². The fourth-order valence-electron chi connectivity index (χ4n) is 1.84. The summed E-state index contributed by atoms with van der Waals surface area (Å²) in [5, 5.41) is 0. The molecule has 2 saturated carbocycles. The third-order valence-electron chi connectivity index (χ3n) is 2.61. The third-order valence-corrected chi connectivity index (χ3v) is 2.61. The van der Waals surface area contributed by atoms with E-state index in [1.807, 2.05) is 0 Å². The number of carbonyl (C=O) groups excluding carboxylic acids is 1. The van der Waals surface area contributed by atoms with E-state index in [-0.39, 0.29) is 7.43 Å². The second-order valence-electron chi connectivity index (χ2n) is 3.47. The summed E-state index contributed by atoms with van der Waals surface area (Å²) in [7, 11) is 0. The molecule has 0 aromatic rings. The number of Topliss-reactive ketones (excluding diaryl/α,β-unsaturated/α-hetero) is 1. The van der Waals surface area contributed by atoms with Crippen LogP contribution in [0.1, 0.15) is 33.6 Å². The minimum Gasteiger partial charge on any atom is -0.300 e. The molecule has 0 bridgehead atoms. The van der Waals surface area contributed by atoms with E-state index in [2.05, 4.69) is 6.92 Å². The van der Waals surface area contributed by atoms with Crippen LogP contribution in [0.5, 0.6) is 0 Å². The molecule has 2 aliphatic carbocycles. The number of fused-ring (bicyclic) bond motifs is 1. The molecular formula is C8H14O. The molecule has 0 radical (unpaired) electrons. The average Bonchev–Trinajstić information content (AvgIpc) is 2.07. The van der Waals surface area contributed by atoms with Gasteiger partial charge < -0.3 is 0 Å². The second kappa shape index (κ2) is 1.59. The first-order chi connectivity index (χ1) is 3.71. The van der Waals surface area contributed by atoms with Gasteiger partial charge in [-0.1, -0.05) is 14.4 Å². The Hall–Kier alpha value is -0.330. The van der Waals surface area contributed by atoms with Crippen LogP contribution in [0.2, 0.25) is 0 Å². The van der Waals surface area contributed by atoms with Crippen LogP contribution >= 0.6 is 0 Å². The molecule has 0 aromatic heterocycles. The lowest BCUT2D eigenvalue weighted by Crippen LogP contribution is -1.95. The van der Waals surface area contributed by atoms with Crippen LogP contribution in [-0.2, 0) is 4.79 Å². The van der Waals surface area contributed by atoms with E-state index in [0.717, 1.165) is 18.8 Å². The summed E-state index contributed by atoms with van der Waals surface area (Å²) in [5.41, 5.74) is 0.483. The zero-order chi connectivity index (χ0) is 5.78. The maximum Gasteiger partial charge on any atom is 0.133 e. The number of ketones is 1. The second-order valence-corrected chi connectivity index (χ2v) is 3.47. The first-order valence-electron chi connectivity index (χ1n) is 3.22. The van der Waals surface area contributed by atoms with Crippen LogP contribution in [0.15, 0.2) is 0 Å². The summed E-state index contributed by atoms with van der Waals surface area (Å²) in [4.78, 5) is 10.7. The predicted octanol–water partition coefficient (Wildman–Crippen LogP) is 2.01. The van der Waals surface area contributed by atoms with Gasteiger partial charge in [0.15, 0.2) is 0 Å². The van der Waals surface area contributed by atoms with Crippen LogP contribution in [0.4, 0.5) is 0 Å². The molecule has 9 heavy (non-hydrogen) atoms. The largest absolute Gasteiger partial charge is 0.300 e. The minimum atomic E-state index is 0. The fraction of sp³-hybridized carbons (Fsp3) is 0.875. The van der Waals surface area contributed by atoms with Crippen LogP contribution in [0, 0.1) is 11.3 Å². The van der Waals surface area contributed by atoms with Crippen molar-refractivity contribution in [1.29, 1.82) is 0 Å². The van der Waals surface area contributed by atoms with Crippen LogP contribution < -0.4 is 0 Å². The van der Waals surface area contributed by atoms with Gasteiger partial charge in [0.1, 0.15) is 5.78 Å². The summed E-state index contributed by atoms with van der Waals surface area (Å²) in [6, 6.07) is 0. The van der Waals surface area contributed by atoms with Gasteiger partial charge in [0, 0.05) is 12.8 Å². The van der Waals surface area contributed by atoms with Crippen molar-refractivity contribution in [3.8, 4) is 0 Å². The molecule has 0 saturated heterocycles. The summed E-state index contributed by atoms with van der Waals surface area (Å²) in [6.07, 6.45) is 3.08. The molecular weight excluding hydrogens is 112 g/mol. The number of hydrogen-bond acceptors (Lipinski definition) is 1. The van der Waals surface area contributed by atoms with Crippen molar-refractivity contribution in [3.63, 3.8) is 0 Å². The maximum atomic E-state index is 10.7. The third kappa shape index (κ3) is 0.790. The van der Waals surface area contributed by atoms with E-state index in [0.29, 0.717) is 11.2 Å². The van der Waals surface area contributed by atoms with Crippen molar-refractivity contribution in [1.82, 2.24) is 0 Å². The summed E-state index contributed by atoms with van der Waals surface area (Å²) < 4.78 is 0. The normalized spacial score (nSPS) is 45.9. The van der Waals surface area contributed by atoms with Crippen molar-refractivity contribution >= 4 is 5.78 Å². The Balaban J connectivity index is 0.000000405. The quantitative estimate of drug-likeness (QED) is 0.485. The molecule has 2 atom stereocenters. The van der Waals surface area contributed by atoms with Gasteiger partial charge in [-0.15, -0.1) is 0 Å². The SMILES string of the molecule is C.CC12CC(=O)CC1C2.